The molecule has 0 spiro atoms. The maximum atomic E-state index is 4.40. The highest BCUT2D eigenvalue weighted by Gasteiger charge is 2.18. The van der Waals surface area contributed by atoms with Gasteiger partial charge in [0.15, 0.2) is 0 Å². The monoisotopic (exact) mass is 791 g/mol. The van der Waals surface area contributed by atoms with E-state index in [-0.39, 0.29) is 0 Å². The first-order valence-corrected chi connectivity index (χ1v) is 20.0. The van der Waals surface area contributed by atoms with Gasteiger partial charge in [0.2, 0.25) is 0 Å². The van der Waals surface area contributed by atoms with Gasteiger partial charge in [0.25, 0.3) is 0 Å². The first kappa shape index (κ1) is 33.3. The predicted molar refractivity (Wildman–Crippen MR) is 242 cm³/mol. The largest absolute Gasteiger partial charge is 0.309 e. The molecule has 0 N–H and O–H groups in total. The van der Waals surface area contributed by atoms with Gasteiger partial charge in [0.05, 0.1) is 22.1 Å². The number of hydrogen-bond donors (Lipinski definition) is 0. The van der Waals surface area contributed by atoms with E-state index in [1.807, 2.05) is 18.5 Å². The minimum Gasteiger partial charge on any atom is -0.309 e. The Balaban J connectivity index is 1.13. The molecule has 0 amide bonds. The summed E-state index contributed by atoms with van der Waals surface area (Å²) >= 11 is 3.88. The third kappa shape index (κ3) is 5.68. The predicted octanol–water partition coefficient (Wildman–Crippen LogP) is 14.7. The lowest BCUT2D eigenvalue weighted by Gasteiger charge is -2.14. The van der Waals surface area contributed by atoms with Crippen molar-refractivity contribution in [2.24, 2.45) is 0 Å². The zero-order valence-corrected chi connectivity index (χ0v) is 32.4. The molecule has 8 aromatic carbocycles. The number of pyridine rings is 1. The molecule has 0 bridgehead atoms. The fourth-order valence-corrected chi connectivity index (χ4v) is 9.10. The summed E-state index contributed by atoms with van der Waals surface area (Å²) < 4.78 is 5.85. The summed E-state index contributed by atoms with van der Waals surface area (Å²) in [7, 11) is 0. The van der Waals surface area contributed by atoms with Gasteiger partial charge >= 0.3 is 0 Å². The van der Waals surface area contributed by atoms with Gasteiger partial charge in [-0.15, -0.1) is 0 Å². The van der Waals surface area contributed by atoms with Crippen molar-refractivity contribution < 1.29 is 0 Å². The van der Waals surface area contributed by atoms with Gasteiger partial charge in [0.1, 0.15) is 0 Å². The van der Waals surface area contributed by atoms with Crippen LogP contribution in [-0.2, 0) is 0 Å². The van der Waals surface area contributed by atoms with Crippen molar-refractivity contribution in [2.75, 3.05) is 0 Å². The standard InChI is InChI=1S/C53H34BrN3/c54-49-19-9-7-17-44(49)41-29-39(28-40(30-41)37-22-24-46-45-18-8-10-20-50(45)56(52(46)33-37)42-13-3-1-4-14-42)35-23-26-51-48(31-35)47-25-21-36(38-12-11-27-55-34-38)32-53(47)57(51)43-15-5-2-6-16-43/h1-34H. The fourth-order valence-electron chi connectivity index (χ4n) is 8.59. The van der Waals surface area contributed by atoms with E-state index < -0.39 is 0 Å². The van der Waals surface area contributed by atoms with Crippen LogP contribution in [0.25, 0.3) is 99.5 Å². The second-order valence-corrected chi connectivity index (χ2v) is 15.4. The Morgan fingerprint density at radius 1 is 0.333 bits per heavy atom. The Kier molecular flexibility index (Phi) is 7.97. The first-order valence-electron chi connectivity index (χ1n) is 19.2. The van der Waals surface area contributed by atoms with Crippen LogP contribution in [0.3, 0.4) is 0 Å². The summed E-state index contributed by atoms with van der Waals surface area (Å²) in [6.07, 6.45) is 3.76. The van der Waals surface area contributed by atoms with Crippen LogP contribution in [-0.4, -0.2) is 14.1 Å². The second-order valence-electron chi connectivity index (χ2n) is 14.6. The van der Waals surface area contributed by atoms with Crippen molar-refractivity contribution in [1.29, 1.82) is 0 Å². The maximum absolute atomic E-state index is 4.40. The van der Waals surface area contributed by atoms with Crippen molar-refractivity contribution in [2.45, 2.75) is 0 Å². The lowest BCUT2D eigenvalue weighted by atomic mass is 9.92. The minimum atomic E-state index is 1.07. The summed E-state index contributed by atoms with van der Waals surface area (Å²) in [6, 6.07) is 70.4. The van der Waals surface area contributed by atoms with Crippen LogP contribution in [0, 0.1) is 0 Å². The molecule has 268 valence electrons. The van der Waals surface area contributed by atoms with Crippen LogP contribution in [0.5, 0.6) is 0 Å². The van der Waals surface area contributed by atoms with Crippen LogP contribution in [0.2, 0.25) is 0 Å². The molecule has 0 aliphatic carbocycles. The van der Waals surface area contributed by atoms with Crippen molar-refractivity contribution in [3.8, 4) is 55.9 Å². The summed E-state index contributed by atoms with van der Waals surface area (Å²) in [6.45, 7) is 0. The second kappa shape index (κ2) is 13.6. The molecule has 0 unspecified atom stereocenters. The number of benzene rings is 8. The molecular weight excluding hydrogens is 759 g/mol. The highest BCUT2D eigenvalue weighted by Crippen LogP contribution is 2.41. The third-order valence-corrected chi connectivity index (χ3v) is 11.9. The van der Waals surface area contributed by atoms with Crippen molar-refractivity contribution in [1.82, 2.24) is 14.1 Å². The normalized spacial score (nSPS) is 11.6. The molecule has 3 heterocycles. The Labute approximate surface area is 338 Å². The Morgan fingerprint density at radius 3 is 1.53 bits per heavy atom. The number of hydrogen-bond acceptors (Lipinski definition) is 1. The van der Waals surface area contributed by atoms with Gasteiger partial charge in [-0.25, -0.2) is 0 Å². The summed E-state index contributed by atoms with van der Waals surface area (Å²) in [4.78, 5) is 4.40. The molecule has 11 aromatic rings. The maximum Gasteiger partial charge on any atom is 0.0547 e. The molecule has 11 rings (SSSR count). The first-order chi connectivity index (χ1) is 28.2. The van der Waals surface area contributed by atoms with Crippen molar-refractivity contribution >= 4 is 59.5 Å². The van der Waals surface area contributed by atoms with Crippen LogP contribution in [0.15, 0.2) is 211 Å². The van der Waals surface area contributed by atoms with E-state index >= 15 is 0 Å². The van der Waals surface area contributed by atoms with Gasteiger partial charge in [-0.3, -0.25) is 4.98 Å². The molecule has 0 radical (unpaired) electrons. The molecule has 0 atom stereocenters. The Morgan fingerprint density at radius 2 is 0.860 bits per heavy atom. The van der Waals surface area contributed by atoms with Gasteiger partial charge in [-0.2, -0.15) is 0 Å². The molecular formula is C53H34BrN3. The highest BCUT2D eigenvalue weighted by atomic mass is 79.9. The number of rotatable bonds is 6. The number of nitrogens with zero attached hydrogens (tertiary/aromatic N) is 3. The topological polar surface area (TPSA) is 22.8 Å². The Bertz CT molecular complexity index is 3290. The average molecular weight is 793 g/mol. The Hall–Kier alpha value is -7.01. The van der Waals surface area contributed by atoms with Crippen molar-refractivity contribution in [3.63, 3.8) is 0 Å². The molecule has 0 aliphatic rings. The number of fused-ring (bicyclic) bond motifs is 6. The molecule has 4 heteroatoms. The van der Waals surface area contributed by atoms with E-state index in [9.17, 15) is 0 Å². The van der Waals surface area contributed by atoms with E-state index in [2.05, 4.69) is 218 Å². The summed E-state index contributed by atoms with van der Waals surface area (Å²) in [5.41, 5.74) is 16.2. The van der Waals surface area contributed by atoms with Gasteiger partial charge in [-0.05, 0) is 124 Å². The van der Waals surface area contributed by atoms with E-state index in [1.54, 1.807) is 0 Å². The zero-order valence-electron chi connectivity index (χ0n) is 30.8. The molecule has 0 aliphatic heterocycles. The average Bonchev–Trinajstić information content (AvgIpc) is 3.79. The molecule has 3 aromatic heterocycles. The lowest BCUT2D eigenvalue weighted by molar-refractivity contribution is 1.18. The van der Waals surface area contributed by atoms with Crippen LogP contribution >= 0.6 is 15.9 Å². The summed E-state index contributed by atoms with van der Waals surface area (Å²) in [5, 5.41) is 4.92. The van der Waals surface area contributed by atoms with E-state index in [1.165, 1.54) is 54.7 Å². The van der Waals surface area contributed by atoms with E-state index in [0.717, 1.165) is 49.2 Å². The van der Waals surface area contributed by atoms with Crippen LogP contribution in [0.1, 0.15) is 0 Å². The van der Waals surface area contributed by atoms with Gasteiger partial charge < -0.3 is 9.13 Å². The third-order valence-electron chi connectivity index (χ3n) is 11.2. The highest BCUT2D eigenvalue weighted by molar-refractivity contribution is 9.10. The van der Waals surface area contributed by atoms with E-state index in [4.69, 9.17) is 0 Å². The number of halogens is 1. The number of aromatic nitrogens is 3. The molecule has 0 fully saturated rings. The molecule has 0 saturated carbocycles. The minimum absolute atomic E-state index is 1.07. The molecule has 3 nitrogen and oxygen atoms in total. The summed E-state index contributed by atoms with van der Waals surface area (Å²) in [5.74, 6) is 0. The fraction of sp³-hybridized carbons (Fsp3) is 0. The van der Waals surface area contributed by atoms with Gasteiger partial charge in [-0.1, -0.05) is 125 Å². The van der Waals surface area contributed by atoms with Crippen LogP contribution < -0.4 is 0 Å². The smallest absolute Gasteiger partial charge is 0.0547 e. The zero-order chi connectivity index (χ0) is 37.9. The quantitative estimate of drug-likeness (QED) is 0.164. The van der Waals surface area contributed by atoms with Gasteiger partial charge in [0, 0.05) is 55.3 Å². The molecule has 0 saturated heterocycles. The molecule has 57 heavy (non-hydrogen) atoms. The van der Waals surface area contributed by atoms with E-state index in [0.29, 0.717) is 0 Å². The number of para-hydroxylation sites is 3. The van der Waals surface area contributed by atoms with Crippen molar-refractivity contribution in [3.05, 3.63) is 211 Å². The van der Waals surface area contributed by atoms with Crippen LogP contribution in [0.4, 0.5) is 0 Å². The lowest BCUT2D eigenvalue weighted by Crippen LogP contribution is -1.94. The SMILES string of the molecule is Brc1ccccc1-c1cc(-c2ccc3c(c2)c2ccc(-c4cccnc4)cc2n3-c2ccccc2)cc(-c2ccc3c4ccccc4n(-c4ccccc4)c3c2)c1.